The second-order valence-corrected chi connectivity index (χ2v) is 4.41. The molecule has 19 heavy (non-hydrogen) atoms. The second kappa shape index (κ2) is 6.34. The number of nitrogens with one attached hydrogen (secondary N) is 1. The highest BCUT2D eigenvalue weighted by Crippen LogP contribution is 2.25. The second-order valence-electron chi connectivity index (χ2n) is 4.41. The van der Waals surface area contributed by atoms with Gasteiger partial charge in [-0.2, -0.15) is 0 Å². The van der Waals surface area contributed by atoms with Crippen molar-refractivity contribution in [1.82, 2.24) is 5.32 Å². The number of hydrogen-bond donors (Lipinski definition) is 1. The zero-order valence-corrected chi connectivity index (χ0v) is 11.2. The minimum absolute atomic E-state index is 0.0620. The predicted octanol–water partition coefficient (Wildman–Crippen LogP) is 3.34. The topological polar surface area (TPSA) is 21.3 Å². The molecular weight excluding hydrogens is 241 g/mol. The summed E-state index contributed by atoms with van der Waals surface area (Å²) in [5.41, 5.74) is 2.04. The molecule has 2 nitrogen and oxygen atoms in total. The van der Waals surface area contributed by atoms with Crippen LogP contribution in [0, 0.1) is 5.82 Å². The fraction of sp³-hybridized carbons (Fsp3) is 0.250. The van der Waals surface area contributed by atoms with Crippen LogP contribution in [-0.2, 0) is 6.42 Å². The number of methoxy groups -OCH3 is 1. The van der Waals surface area contributed by atoms with Crippen molar-refractivity contribution < 1.29 is 9.13 Å². The Morgan fingerprint density at radius 3 is 2.63 bits per heavy atom. The van der Waals surface area contributed by atoms with E-state index >= 15 is 0 Å². The lowest BCUT2D eigenvalue weighted by atomic mass is 9.98. The van der Waals surface area contributed by atoms with Crippen LogP contribution >= 0.6 is 0 Å². The molecule has 0 bridgehead atoms. The highest BCUT2D eigenvalue weighted by Gasteiger charge is 2.13. The van der Waals surface area contributed by atoms with E-state index in [1.54, 1.807) is 19.2 Å². The van der Waals surface area contributed by atoms with Gasteiger partial charge in [-0.1, -0.05) is 30.3 Å². The molecule has 3 heteroatoms. The fourth-order valence-corrected chi connectivity index (χ4v) is 2.20. The van der Waals surface area contributed by atoms with Crippen molar-refractivity contribution in [1.29, 1.82) is 0 Å². The summed E-state index contributed by atoms with van der Waals surface area (Å²) in [6.45, 7) is 0. The van der Waals surface area contributed by atoms with Crippen molar-refractivity contribution in [3.63, 3.8) is 0 Å². The lowest BCUT2D eigenvalue weighted by molar-refractivity contribution is 0.406. The van der Waals surface area contributed by atoms with Gasteiger partial charge in [0.2, 0.25) is 0 Å². The molecule has 0 amide bonds. The van der Waals surface area contributed by atoms with Crippen LogP contribution in [0.1, 0.15) is 17.2 Å². The Labute approximate surface area is 113 Å². The lowest BCUT2D eigenvalue weighted by Gasteiger charge is -2.18. The summed E-state index contributed by atoms with van der Waals surface area (Å²) < 4.78 is 18.6. The van der Waals surface area contributed by atoms with Crippen molar-refractivity contribution in [3.8, 4) is 5.75 Å². The number of para-hydroxylation sites is 1. The summed E-state index contributed by atoms with van der Waals surface area (Å²) in [6.07, 6.45) is 0.754. The van der Waals surface area contributed by atoms with E-state index < -0.39 is 0 Å². The molecule has 0 saturated heterocycles. The summed E-state index contributed by atoms with van der Waals surface area (Å²) in [5.74, 6) is 0.650. The van der Waals surface area contributed by atoms with Gasteiger partial charge in [-0.3, -0.25) is 0 Å². The first kappa shape index (κ1) is 13.6. The van der Waals surface area contributed by atoms with Crippen LogP contribution in [0.3, 0.4) is 0 Å². The van der Waals surface area contributed by atoms with Gasteiger partial charge in [0, 0.05) is 6.04 Å². The summed E-state index contributed by atoms with van der Waals surface area (Å²) in [5, 5.41) is 3.22. The van der Waals surface area contributed by atoms with E-state index in [1.807, 2.05) is 37.4 Å². The molecule has 2 rings (SSSR count). The zero-order chi connectivity index (χ0) is 13.7. The fourth-order valence-electron chi connectivity index (χ4n) is 2.20. The monoisotopic (exact) mass is 259 g/mol. The Hall–Kier alpha value is -1.87. The van der Waals surface area contributed by atoms with E-state index in [4.69, 9.17) is 4.74 Å². The van der Waals surface area contributed by atoms with Crippen LogP contribution in [0.25, 0.3) is 0 Å². The van der Waals surface area contributed by atoms with Gasteiger partial charge in [0.05, 0.1) is 7.11 Å². The van der Waals surface area contributed by atoms with Crippen molar-refractivity contribution in [2.75, 3.05) is 14.2 Å². The lowest BCUT2D eigenvalue weighted by Crippen LogP contribution is -2.19. The molecule has 0 heterocycles. The molecule has 1 unspecified atom stereocenters. The van der Waals surface area contributed by atoms with E-state index in [0.717, 1.165) is 23.3 Å². The molecule has 0 aliphatic heterocycles. The average molecular weight is 259 g/mol. The number of benzene rings is 2. The largest absolute Gasteiger partial charge is 0.496 e. The molecule has 1 N–H and O–H groups in total. The number of likely N-dealkylation sites (N-methyl/N-ethyl adjacent to an activating group) is 1. The van der Waals surface area contributed by atoms with E-state index in [0.29, 0.717) is 0 Å². The van der Waals surface area contributed by atoms with Crippen molar-refractivity contribution >= 4 is 0 Å². The SMILES string of the molecule is CNC(Cc1ccccc1OC)c1cccc(F)c1. The molecule has 0 fully saturated rings. The van der Waals surface area contributed by atoms with E-state index in [-0.39, 0.29) is 11.9 Å². The first-order chi connectivity index (χ1) is 9.24. The van der Waals surface area contributed by atoms with Crippen LogP contribution in [0.2, 0.25) is 0 Å². The quantitative estimate of drug-likeness (QED) is 0.889. The van der Waals surface area contributed by atoms with E-state index in [9.17, 15) is 4.39 Å². The molecule has 0 radical (unpaired) electrons. The number of rotatable bonds is 5. The molecule has 2 aromatic rings. The van der Waals surface area contributed by atoms with Gasteiger partial charge >= 0.3 is 0 Å². The molecule has 2 aromatic carbocycles. The maximum atomic E-state index is 13.3. The third kappa shape index (κ3) is 3.32. The van der Waals surface area contributed by atoms with Gasteiger partial charge in [0.15, 0.2) is 0 Å². The Bertz CT molecular complexity index is 542. The molecule has 0 aromatic heterocycles. The van der Waals surface area contributed by atoms with Crippen molar-refractivity contribution in [2.45, 2.75) is 12.5 Å². The smallest absolute Gasteiger partial charge is 0.123 e. The average Bonchev–Trinajstić information content (AvgIpc) is 2.45. The maximum Gasteiger partial charge on any atom is 0.123 e. The van der Waals surface area contributed by atoms with Crippen LogP contribution in [-0.4, -0.2) is 14.2 Å². The van der Waals surface area contributed by atoms with Gasteiger partial charge in [-0.15, -0.1) is 0 Å². The van der Waals surface area contributed by atoms with E-state index in [1.165, 1.54) is 6.07 Å². The summed E-state index contributed by atoms with van der Waals surface area (Å²) in [6, 6.07) is 14.6. The van der Waals surface area contributed by atoms with Crippen molar-refractivity contribution in [2.24, 2.45) is 0 Å². The Balaban J connectivity index is 2.24. The summed E-state index contributed by atoms with van der Waals surface area (Å²) >= 11 is 0. The molecule has 1 atom stereocenters. The molecule has 0 saturated carbocycles. The molecular formula is C16H18FNO. The molecule has 100 valence electrons. The van der Waals surface area contributed by atoms with Gasteiger partial charge < -0.3 is 10.1 Å². The first-order valence-electron chi connectivity index (χ1n) is 6.29. The van der Waals surface area contributed by atoms with Crippen LogP contribution in [0.5, 0.6) is 5.75 Å². The third-order valence-corrected chi connectivity index (χ3v) is 3.22. The van der Waals surface area contributed by atoms with Crippen LogP contribution < -0.4 is 10.1 Å². The third-order valence-electron chi connectivity index (χ3n) is 3.22. The normalized spacial score (nSPS) is 12.2. The Kier molecular flexibility index (Phi) is 4.53. The summed E-state index contributed by atoms with van der Waals surface area (Å²) in [7, 11) is 3.54. The number of halogens is 1. The van der Waals surface area contributed by atoms with E-state index in [2.05, 4.69) is 5.32 Å². The van der Waals surface area contributed by atoms with Gasteiger partial charge in [-0.05, 0) is 42.8 Å². The van der Waals surface area contributed by atoms with Crippen LogP contribution in [0.4, 0.5) is 4.39 Å². The number of hydrogen-bond acceptors (Lipinski definition) is 2. The predicted molar refractivity (Wildman–Crippen MR) is 74.9 cm³/mol. The molecule has 0 spiro atoms. The van der Waals surface area contributed by atoms with Gasteiger partial charge in [0.1, 0.15) is 11.6 Å². The van der Waals surface area contributed by atoms with Crippen molar-refractivity contribution in [3.05, 3.63) is 65.5 Å². The number of ether oxygens (including phenoxy) is 1. The Morgan fingerprint density at radius 2 is 1.95 bits per heavy atom. The summed E-state index contributed by atoms with van der Waals surface area (Å²) in [4.78, 5) is 0. The zero-order valence-electron chi connectivity index (χ0n) is 11.2. The minimum Gasteiger partial charge on any atom is -0.496 e. The standard InChI is InChI=1S/C16H18FNO/c1-18-15(12-7-5-8-14(17)10-12)11-13-6-3-4-9-16(13)19-2/h3-10,15,18H,11H2,1-2H3. The highest BCUT2D eigenvalue weighted by atomic mass is 19.1. The minimum atomic E-state index is -0.210. The molecule has 0 aliphatic rings. The highest BCUT2D eigenvalue weighted by molar-refractivity contribution is 5.35. The van der Waals surface area contributed by atoms with Gasteiger partial charge in [-0.25, -0.2) is 4.39 Å². The maximum absolute atomic E-state index is 13.3. The Morgan fingerprint density at radius 1 is 1.16 bits per heavy atom. The van der Waals surface area contributed by atoms with Crippen LogP contribution in [0.15, 0.2) is 48.5 Å². The van der Waals surface area contributed by atoms with Gasteiger partial charge in [0.25, 0.3) is 0 Å². The first-order valence-corrected chi connectivity index (χ1v) is 6.29. The molecule has 0 aliphatic carbocycles.